The molecule has 0 aliphatic carbocycles. The Morgan fingerprint density at radius 2 is 2.12 bits per heavy atom. The molecule has 0 saturated carbocycles. The Kier molecular flexibility index (Phi) is 3.61. The molecule has 0 atom stereocenters. The first kappa shape index (κ1) is 15.0. The number of rotatable bonds is 2. The van der Waals surface area contributed by atoms with Gasteiger partial charge in [-0.1, -0.05) is 23.7 Å². The highest BCUT2D eigenvalue weighted by molar-refractivity contribution is 6.30. The van der Waals surface area contributed by atoms with Gasteiger partial charge in [-0.05, 0) is 12.1 Å². The third kappa shape index (κ3) is 2.59. The van der Waals surface area contributed by atoms with Gasteiger partial charge in [0.2, 0.25) is 5.76 Å². The van der Waals surface area contributed by atoms with Crippen molar-refractivity contribution >= 4 is 17.5 Å². The van der Waals surface area contributed by atoms with Gasteiger partial charge in [0.15, 0.2) is 5.89 Å². The maximum absolute atomic E-state index is 12.6. The number of fused-ring (bicyclic) bond motifs is 1. The summed E-state index contributed by atoms with van der Waals surface area (Å²) in [7, 11) is 0. The second-order valence-electron chi connectivity index (χ2n) is 5.76. The summed E-state index contributed by atoms with van der Waals surface area (Å²) >= 11 is 5.95. The minimum absolute atomic E-state index is 0.149. The smallest absolute Gasteiger partial charge is 0.291 e. The van der Waals surface area contributed by atoms with Crippen molar-refractivity contribution in [2.45, 2.75) is 19.9 Å². The lowest BCUT2D eigenvalue weighted by Crippen LogP contribution is -2.35. The largest absolute Gasteiger partial charge is 0.436 e. The third-order valence-corrected chi connectivity index (χ3v) is 4.42. The molecule has 6 nitrogen and oxygen atoms in total. The van der Waals surface area contributed by atoms with E-state index in [1.807, 2.05) is 24.3 Å². The van der Waals surface area contributed by atoms with Gasteiger partial charge in [-0.25, -0.2) is 4.98 Å². The minimum atomic E-state index is -0.149. The van der Waals surface area contributed by atoms with E-state index in [1.165, 1.54) is 6.20 Å². The fraction of sp³-hybridized carbons (Fsp3) is 0.235. The Hall–Kier alpha value is -2.60. The van der Waals surface area contributed by atoms with Crippen LogP contribution in [0.15, 0.2) is 34.9 Å². The summed E-state index contributed by atoms with van der Waals surface area (Å²) in [6.07, 6.45) is 2.21. The Labute approximate surface area is 143 Å². The topological polar surface area (TPSA) is 75.0 Å². The number of aromatic nitrogens is 3. The number of benzene rings is 1. The van der Waals surface area contributed by atoms with Crippen molar-refractivity contribution < 1.29 is 9.21 Å². The molecule has 3 aromatic rings. The van der Waals surface area contributed by atoms with Crippen LogP contribution in [0.2, 0.25) is 5.02 Å². The van der Waals surface area contributed by atoms with Crippen molar-refractivity contribution in [1.82, 2.24) is 20.1 Å². The second kappa shape index (κ2) is 5.79. The Balaban J connectivity index is 1.63. The fourth-order valence-electron chi connectivity index (χ4n) is 2.93. The summed E-state index contributed by atoms with van der Waals surface area (Å²) in [6, 6.07) is 7.53. The van der Waals surface area contributed by atoms with Crippen LogP contribution < -0.4 is 0 Å². The number of halogens is 1. The predicted molar refractivity (Wildman–Crippen MR) is 88.7 cm³/mol. The summed E-state index contributed by atoms with van der Waals surface area (Å²) in [5.41, 5.74) is 3.93. The van der Waals surface area contributed by atoms with Gasteiger partial charge >= 0.3 is 0 Å². The molecule has 1 N–H and O–H groups in total. The van der Waals surface area contributed by atoms with Crippen molar-refractivity contribution in [3.05, 3.63) is 58.4 Å². The van der Waals surface area contributed by atoms with E-state index < -0.39 is 0 Å². The average Bonchev–Trinajstić information content (AvgIpc) is 3.21. The van der Waals surface area contributed by atoms with Gasteiger partial charge in [0.05, 0.1) is 18.4 Å². The van der Waals surface area contributed by atoms with Gasteiger partial charge < -0.3 is 9.32 Å². The van der Waals surface area contributed by atoms with Crippen LogP contribution in [0.3, 0.4) is 0 Å². The molecule has 0 radical (unpaired) electrons. The molecule has 2 aromatic heterocycles. The van der Waals surface area contributed by atoms with E-state index in [2.05, 4.69) is 15.2 Å². The normalized spacial score (nSPS) is 13.8. The summed E-state index contributed by atoms with van der Waals surface area (Å²) in [5, 5.41) is 8.19. The zero-order chi connectivity index (χ0) is 16.7. The van der Waals surface area contributed by atoms with Crippen molar-refractivity contribution in [1.29, 1.82) is 0 Å². The maximum Gasteiger partial charge on any atom is 0.291 e. The molecule has 122 valence electrons. The maximum atomic E-state index is 12.6. The van der Waals surface area contributed by atoms with Crippen LogP contribution in [-0.2, 0) is 13.0 Å². The Bertz CT molecular complexity index is 898. The van der Waals surface area contributed by atoms with Crippen LogP contribution in [0.25, 0.3) is 11.3 Å². The molecule has 4 rings (SSSR count). The van der Waals surface area contributed by atoms with Gasteiger partial charge in [0, 0.05) is 41.7 Å². The molecule has 0 bridgehead atoms. The Morgan fingerprint density at radius 1 is 1.33 bits per heavy atom. The molecular weight excluding hydrogens is 328 g/mol. The van der Waals surface area contributed by atoms with Gasteiger partial charge in [-0.15, -0.1) is 0 Å². The highest BCUT2D eigenvalue weighted by Crippen LogP contribution is 2.29. The lowest BCUT2D eigenvalue weighted by atomic mass is 10.0. The van der Waals surface area contributed by atoms with Crippen LogP contribution >= 0.6 is 11.6 Å². The van der Waals surface area contributed by atoms with Gasteiger partial charge in [0.1, 0.15) is 0 Å². The van der Waals surface area contributed by atoms with Crippen LogP contribution in [0.5, 0.6) is 0 Å². The van der Waals surface area contributed by atoms with Crippen molar-refractivity contribution in [2.75, 3.05) is 6.54 Å². The highest BCUT2D eigenvalue weighted by Gasteiger charge is 2.27. The molecule has 3 heterocycles. The number of H-pyrrole nitrogens is 1. The number of nitrogens with zero attached hydrogens (tertiary/aromatic N) is 3. The number of nitrogens with one attached hydrogen (secondary N) is 1. The standard InChI is InChI=1S/C17H15ClN4O2/c1-10-19-8-15(24-10)17(23)22-7-6-14-13(9-22)16(21-20-14)11-2-4-12(18)5-3-11/h2-5,8H,6-7,9H2,1H3,(H,20,21). The molecule has 0 saturated heterocycles. The number of aryl methyl sites for hydroxylation is 1. The minimum Gasteiger partial charge on any atom is -0.436 e. The lowest BCUT2D eigenvalue weighted by Gasteiger charge is -2.26. The molecule has 7 heteroatoms. The summed E-state index contributed by atoms with van der Waals surface area (Å²) in [4.78, 5) is 18.3. The summed E-state index contributed by atoms with van der Waals surface area (Å²) in [5.74, 6) is 0.609. The van der Waals surface area contributed by atoms with E-state index in [1.54, 1.807) is 11.8 Å². The molecule has 0 fully saturated rings. The SMILES string of the molecule is Cc1ncc(C(=O)N2CCc3[nH]nc(-c4ccc(Cl)cc4)c3C2)o1. The van der Waals surface area contributed by atoms with Crippen molar-refractivity contribution in [3.8, 4) is 11.3 Å². The fourth-order valence-corrected chi connectivity index (χ4v) is 3.06. The zero-order valence-electron chi connectivity index (χ0n) is 13.0. The monoisotopic (exact) mass is 342 g/mol. The van der Waals surface area contributed by atoms with E-state index in [9.17, 15) is 4.79 Å². The first-order valence-corrected chi connectivity index (χ1v) is 8.03. The number of hydrogen-bond acceptors (Lipinski definition) is 4. The van der Waals surface area contributed by atoms with Crippen LogP contribution in [-0.4, -0.2) is 32.5 Å². The molecule has 24 heavy (non-hydrogen) atoms. The Morgan fingerprint density at radius 3 is 2.83 bits per heavy atom. The first-order chi connectivity index (χ1) is 11.6. The van der Waals surface area contributed by atoms with E-state index in [4.69, 9.17) is 16.0 Å². The molecular formula is C17H15ClN4O2. The van der Waals surface area contributed by atoms with E-state index in [0.29, 0.717) is 24.0 Å². The van der Waals surface area contributed by atoms with Gasteiger partial charge in [-0.2, -0.15) is 5.10 Å². The summed E-state index contributed by atoms with van der Waals surface area (Å²) in [6.45, 7) is 2.83. The molecule has 0 spiro atoms. The van der Waals surface area contributed by atoms with Crippen LogP contribution in [0, 0.1) is 6.92 Å². The third-order valence-electron chi connectivity index (χ3n) is 4.17. The lowest BCUT2D eigenvalue weighted by molar-refractivity contribution is 0.0701. The average molecular weight is 343 g/mol. The first-order valence-electron chi connectivity index (χ1n) is 7.65. The van der Waals surface area contributed by atoms with E-state index >= 15 is 0 Å². The molecule has 1 aliphatic heterocycles. The van der Waals surface area contributed by atoms with Crippen LogP contribution in [0.4, 0.5) is 0 Å². The molecule has 1 aromatic carbocycles. The van der Waals surface area contributed by atoms with E-state index in [0.717, 1.165) is 28.9 Å². The summed E-state index contributed by atoms with van der Waals surface area (Å²) < 4.78 is 5.36. The number of aromatic amines is 1. The predicted octanol–water partition coefficient (Wildman–Crippen LogP) is 3.23. The van der Waals surface area contributed by atoms with E-state index in [-0.39, 0.29) is 11.7 Å². The zero-order valence-corrected chi connectivity index (χ0v) is 13.8. The number of carbonyl (C=O) groups excluding carboxylic acids is 1. The van der Waals surface area contributed by atoms with Crippen molar-refractivity contribution in [3.63, 3.8) is 0 Å². The number of amides is 1. The van der Waals surface area contributed by atoms with Crippen LogP contribution in [0.1, 0.15) is 27.7 Å². The quantitative estimate of drug-likeness (QED) is 0.775. The molecule has 1 amide bonds. The number of hydrogen-bond donors (Lipinski definition) is 1. The molecule has 1 aliphatic rings. The number of oxazole rings is 1. The van der Waals surface area contributed by atoms with Crippen molar-refractivity contribution in [2.24, 2.45) is 0 Å². The number of carbonyl (C=O) groups is 1. The van der Waals surface area contributed by atoms with Gasteiger partial charge in [-0.3, -0.25) is 9.89 Å². The van der Waals surface area contributed by atoms with Gasteiger partial charge in [0.25, 0.3) is 5.91 Å². The second-order valence-corrected chi connectivity index (χ2v) is 6.19. The molecule has 0 unspecified atom stereocenters. The highest BCUT2D eigenvalue weighted by atomic mass is 35.5.